The second kappa shape index (κ2) is 29.7. The number of benzene rings is 8. The van der Waals surface area contributed by atoms with Gasteiger partial charge in [0.15, 0.2) is 139 Å². The summed E-state index contributed by atoms with van der Waals surface area (Å²) < 4.78 is 61.4. The number of hydrogen-bond donors (Lipinski definition) is 25. The molecule has 0 saturated carbocycles. The van der Waals surface area contributed by atoms with Crippen molar-refractivity contribution in [1.29, 1.82) is 0 Å². The molecule has 3 aliphatic rings. The van der Waals surface area contributed by atoms with Crippen LogP contribution in [-0.4, -0.2) is 250 Å². The molecule has 0 amide bonds. The first-order valence-electron chi connectivity index (χ1n) is 31.0. The zero-order valence-corrected chi connectivity index (χ0v) is 55.1. The van der Waals surface area contributed by atoms with Crippen LogP contribution in [0.25, 0.3) is 11.1 Å². The van der Waals surface area contributed by atoms with Crippen molar-refractivity contribution in [3.8, 4) is 155 Å². The molecule has 44 heteroatoms. The molecule has 10 unspecified atom stereocenters. The van der Waals surface area contributed by atoms with E-state index < -0.39 is 322 Å². The van der Waals surface area contributed by atoms with E-state index in [1.807, 2.05) is 0 Å². The lowest BCUT2D eigenvalue weighted by Gasteiger charge is -2.44. The van der Waals surface area contributed by atoms with Crippen LogP contribution in [-0.2, 0) is 47.4 Å². The number of hydrogen-bond acceptors (Lipinski definition) is 44. The van der Waals surface area contributed by atoms with E-state index in [1.165, 1.54) is 0 Å². The number of phenols is 23. The highest BCUT2D eigenvalue weighted by atomic mass is 16.8. The Morgan fingerprint density at radius 1 is 0.348 bits per heavy atom. The maximum atomic E-state index is 15.1. The van der Waals surface area contributed by atoms with Gasteiger partial charge in [-0.3, -0.25) is 0 Å². The second-order valence-electron chi connectivity index (χ2n) is 23.9. The summed E-state index contributed by atoms with van der Waals surface area (Å²) in [7, 11) is 0. The fourth-order valence-electron chi connectivity index (χ4n) is 11.2. The number of phenolic OH excluding ortho intramolecular Hbond substituents is 23. The van der Waals surface area contributed by atoms with Crippen LogP contribution in [0.15, 0.2) is 78.9 Å². The van der Waals surface area contributed by atoms with E-state index >= 15 is 4.79 Å². The largest absolute Gasteiger partial charge is 0.504 e. The lowest BCUT2D eigenvalue weighted by Crippen LogP contribution is -2.63. The highest BCUT2D eigenvalue weighted by Gasteiger charge is 2.56. The number of esters is 8. The molecule has 112 heavy (non-hydrogen) atoms. The highest BCUT2D eigenvalue weighted by Crippen LogP contribution is 2.55. The Balaban J connectivity index is 0.997. The van der Waals surface area contributed by atoms with E-state index in [1.54, 1.807) is 0 Å². The zero-order chi connectivity index (χ0) is 82.0. The molecule has 0 aliphatic carbocycles. The number of rotatable bonds is 15. The average molecular weight is 1570 g/mol. The SMILES string of the molecule is O=C(OC1OC(CO)C(OC(=O)c2cc(O)c(O)c(O)c2)C(O)C1OC(=O)c1cc(O)c(O)c(O)c1Oc1cc(C(=O)OC2OC3COC(=O)c4cc(O)c(O)c(O)c4-c4c(cc(O)c(O)c4O)C(=O)OC(C3OC(=O)c3cc(O)c(O)c(O)c3)C2OC(=O)c2cc(O)c(O)c(O)c2)cc(O)c1O)c1cc(O)c(O)c(O)c1. The molecule has 11 rings (SSSR count). The van der Waals surface area contributed by atoms with E-state index in [0.717, 1.165) is 0 Å². The van der Waals surface area contributed by atoms with Gasteiger partial charge in [-0.15, -0.1) is 0 Å². The molecule has 8 aromatic rings. The lowest BCUT2D eigenvalue weighted by atomic mass is 9.91. The molecule has 0 aromatic heterocycles. The Kier molecular flexibility index (Phi) is 20.6. The summed E-state index contributed by atoms with van der Waals surface area (Å²) in [5, 5.41) is 266. The number of carbonyl (C=O) groups excluding carboxylic acids is 8. The van der Waals surface area contributed by atoms with Crippen molar-refractivity contribution in [3.63, 3.8) is 0 Å². The van der Waals surface area contributed by atoms with Gasteiger partial charge >= 0.3 is 47.8 Å². The maximum absolute atomic E-state index is 15.1. The Bertz CT molecular complexity index is 5190. The van der Waals surface area contributed by atoms with Gasteiger partial charge < -0.3 is 180 Å². The van der Waals surface area contributed by atoms with Crippen LogP contribution in [0.2, 0.25) is 0 Å². The molecule has 2 bridgehead atoms. The summed E-state index contributed by atoms with van der Waals surface area (Å²) in [6.45, 7) is -2.83. The summed E-state index contributed by atoms with van der Waals surface area (Å²) in [6.07, 6.45) is -26.2. The maximum Gasteiger partial charge on any atom is 0.342 e. The normalized spacial score (nSPS) is 19.9. The Labute approximate surface area is 617 Å². The van der Waals surface area contributed by atoms with Gasteiger partial charge in [-0.2, -0.15) is 0 Å². The van der Waals surface area contributed by atoms with Gasteiger partial charge in [0.25, 0.3) is 0 Å². The first kappa shape index (κ1) is 77.7. The van der Waals surface area contributed by atoms with Crippen molar-refractivity contribution in [1.82, 2.24) is 0 Å². The van der Waals surface area contributed by atoms with E-state index in [4.69, 9.17) is 52.1 Å². The Hall–Kier alpha value is -15.4. The summed E-state index contributed by atoms with van der Waals surface area (Å²) in [5.41, 5.74) is -11.1. The van der Waals surface area contributed by atoms with Gasteiger partial charge in [-0.05, 0) is 72.8 Å². The molecule has 0 radical (unpaired) electrons. The monoisotopic (exact) mass is 1570 g/mol. The van der Waals surface area contributed by atoms with Crippen molar-refractivity contribution in [2.24, 2.45) is 0 Å². The summed E-state index contributed by atoms with van der Waals surface area (Å²) in [5.74, 6) is -49.0. The van der Waals surface area contributed by atoms with E-state index in [2.05, 4.69) is 0 Å². The number of aliphatic hydroxyl groups excluding tert-OH is 2. The van der Waals surface area contributed by atoms with E-state index in [-0.39, 0.29) is 12.1 Å². The molecule has 10 atom stereocenters. The quantitative estimate of drug-likeness (QED) is 0.0395. The minimum atomic E-state index is -2.91. The number of fused-ring (bicyclic) bond motifs is 5. The molecule has 25 N–H and O–H groups in total. The first-order chi connectivity index (χ1) is 52.7. The van der Waals surface area contributed by atoms with Crippen LogP contribution in [0.5, 0.6) is 144 Å². The first-order valence-corrected chi connectivity index (χ1v) is 31.0. The third-order valence-electron chi connectivity index (χ3n) is 16.8. The summed E-state index contributed by atoms with van der Waals surface area (Å²) in [4.78, 5) is 115. The van der Waals surface area contributed by atoms with Crippen LogP contribution >= 0.6 is 0 Å². The number of cyclic esters (lactones) is 1. The number of aromatic hydroxyl groups is 23. The van der Waals surface area contributed by atoms with Crippen molar-refractivity contribution in [2.75, 3.05) is 13.2 Å². The fourth-order valence-corrected chi connectivity index (χ4v) is 11.2. The molecule has 3 aliphatic heterocycles. The molecular weight excluding hydrogens is 1520 g/mol. The van der Waals surface area contributed by atoms with Gasteiger partial charge in [0.1, 0.15) is 30.5 Å². The van der Waals surface area contributed by atoms with Gasteiger partial charge in [0.2, 0.25) is 47.4 Å². The van der Waals surface area contributed by atoms with Crippen LogP contribution in [0, 0.1) is 0 Å². The third kappa shape index (κ3) is 14.4. The van der Waals surface area contributed by atoms with E-state index in [9.17, 15) is 161 Å². The van der Waals surface area contributed by atoms with Crippen molar-refractivity contribution < 1.29 is 218 Å². The van der Waals surface area contributed by atoms with Gasteiger partial charge in [-0.1, -0.05) is 0 Å². The Morgan fingerprint density at radius 2 is 0.688 bits per heavy atom. The average Bonchev–Trinajstić information content (AvgIpc) is 0.752. The predicted octanol–water partition coefficient (Wildman–Crippen LogP) is 1.79. The molecule has 588 valence electrons. The smallest absolute Gasteiger partial charge is 0.342 e. The topological polar surface area (TPSA) is 744 Å². The molecule has 8 aromatic carbocycles. The standard InChI is InChI=1S/C68H52O44/c69-14-37-54(106-59(94)16-1-24(70)41(82)25(71)2-16)52(93)56(67(104-37)111-62(97)19-7-30(76)44(85)31(77)8-19)108-66(101)23-13-35(81)48(89)51(92)53(23)103-36-10-20(9-32(78)45(36)86)63(98)112-68-58(110-61(96)18-5-28(74)43(84)29(75)6-18)57-55(107-60(95)17-3-26(72)42(83)27(73)4-17)38(105-68)15-102-64(99)21-11-33(79)46(87)49(90)39(21)40-22(65(100)109-57)12-34(80)47(88)50(40)91/h1-13,37-38,52,54-58,67-93H,14-15H2. The summed E-state index contributed by atoms with van der Waals surface area (Å²) >= 11 is 0. The number of ether oxygens (including phenoxy) is 11. The van der Waals surface area contributed by atoms with Crippen molar-refractivity contribution in [2.45, 2.75) is 61.4 Å². The fraction of sp³-hybridized carbons (Fsp3) is 0.176. The third-order valence-corrected chi connectivity index (χ3v) is 16.8. The van der Waals surface area contributed by atoms with Crippen LogP contribution in [0.4, 0.5) is 0 Å². The minimum absolute atomic E-state index is 0.204. The molecule has 2 saturated heterocycles. The van der Waals surface area contributed by atoms with Crippen molar-refractivity contribution in [3.05, 3.63) is 123 Å². The highest BCUT2D eigenvalue weighted by molar-refractivity contribution is 6.09. The Morgan fingerprint density at radius 3 is 1.12 bits per heavy atom. The van der Waals surface area contributed by atoms with Crippen LogP contribution in [0.3, 0.4) is 0 Å². The lowest BCUT2D eigenvalue weighted by molar-refractivity contribution is -0.283. The molecule has 44 nitrogen and oxygen atoms in total. The molecule has 2 fully saturated rings. The predicted molar refractivity (Wildman–Crippen MR) is 346 cm³/mol. The van der Waals surface area contributed by atoms with Gasteiger partial charge in [-0.25, -0.2) is 38.4 Å². The molecular formula is C68H52O44. The second-order valence-corrected chi connectivity index (χ2v) is 23.9. The number of aliphatic hydroxyl groups is 2. The van der Waals surface area contributed by atoms with Gasteiger partial charge in [0.05, 0.1) is 45.6 Å². The van der Waals surface area contributed by atoms with Crippen LogP contribution < -0.4 is 4.74 Å². The molecule has 3 heterocycles. The minimum Gasteiger partial charge on any atom is -0.504 e. The number of carbonyl (C=O) groups is 8. The summed E-state index contributed by atoms with van der Waals surface area (Å²) in [6, 6.07) is 5.25. The van der Waals surface area contributed by atoms with E-state index in [0.29, 0.717) is 66.7 Å². The van der Waals surface area contributed by atoms with Crippen LogP contribution in [0.1, 0.15) is 82.9 Å². The van der Waals surface area contributed by atoms with Crippen molar-refractivity contribution >= 4 is 47.8 Å². The van der Waals surface area contributed by atoms with Gasteiger partial charge in [0, 0.05) is 17.2 Å². The zero-order valence-electron chi connectivity index (χ0n) is 55.1. The molecule has 0 spiro atoms.